The lowest BCUT2D eigenvalue weighted by atomic mass is 10.1. The Morgan fingerprint density at radius 2 is 2.15 bits per heavy atom. The number of nitrogens with zero attached hydrogens (tertiary/aromatic N) is 3. The molecule has 2 heterocycles. The van der Waals surface area contributed by atoms with E-state index in [4.69, 9.17) is 13.9 Å². The van der Waals surface area contributed by atoms with E-state index in [-0.39, 0.29) is 22.8 Å². The summed E-state index contributed by atoms with van der Waals surface area (Å²) in [5.41, 5.74) is 0.382. The molecular formula is C23H22N4O5S2. The molecule has 2 aromatic heterocycles. The predicted octanol–water partition coefficient (Wildman–Crippen LogP) is 5.04. The number of carbonyl (C=O) groups excluding carboxylic acids is 2. The fraction of sp³-hybridized carbons (Fsp3) is 0.261. The summed E-state index contributed by atoms with van der Waals surface area (Å²) >= 11 is 2.56. The molecule has 0 aliphatic heterocycles. The average molecular weight is 499 g/mol. The monoisotopic (exact) mass is 498 g/mol. The molecule has 11 heteroatoms. The molecule has 0 radical (unpaired) electrons. The van der Waals surface area contributed by atoms with Gasteiger partial charge in [-0.1, -0.05) is 31.7 Å². The molecule has 0 spiro atoms. The zero-order chi connectivity index (χ0) is 24.5. The van der Waals surface area contributed by atoms with Crippen LogP contribution in [0.15, 0.2) is 51.7 Å². The van der Waals surface area contributed by atoms with Gasteiger partial charge in [0.1, 0.15) is 11.6 Å². The summed E-state index contributed by atoms with van der Waals surface area (Å²) in [7, 11) is 0. The van der Waals surface area contributed by atoms with Gasteiger partial charge in [-0.3, -0.25) is 10.1 Å². The van der Waals surface area contributed by atoms with Gasteiger partial charge >= 0.3 is 5.97 Å². The van der Waals surface area contributed by atoms with E-state index in [1.807, 2.05) is 6.07 Å². The quantitative estimate of drug-likeness (QED) is 0.134. The van der Waals surface area contributed by atoms with Crippen molar-refractivity contribution in [3.8, 4) is 17.6 Å². The maximum atomic E-state index is 12.6. The molecule has 34 heavy (non-hydrogen) atoms. The van der Waals surface area contributed by atoms with E-state index < -0.39 is 11.9 Å². The molecule has 0 atom stereocenters. The molecule has 0 fully saturated rings. The molecular weight excluding hydrogens is 476 g/mol. The van der Waals surface area contributed by atoms with Crippen molar-refractivity contribution >= 4 is 46.4 Å². The number of anilines is 1. The minimum atomic E-state index is -0.672. The van der Waals surface area contributed by atoms with Crippen LogP contribution in [0.4, 0.5) is 5.13 Å². The van der Waals surface area contributed by atoms with Gasteiger partial charge in [0.2, 0.25) is 16.0 Å². The van der Waals surface area contributed by atoms with Crippen LogP contribution < -0.4 is 14.8 Å². The van der Waals surface area contributed by atoms with E-state index >= 15 is 0 Å². The number of rotatable bonds is 10. The maximum absolute atomic E-state index is 12.6. The number of esters is 1. The van der Waals surface area contributed by atoms with Crippen LogP contribution in [0.2, 0.25) is 0 Å². The Kier molecular flexibility index (Phi) is 8.84. The summed E-state index contributed by atoms with van der Waals surface area (Å²) in [4.78, 5) is 29.1. The lowest BCUT2D eigenvalue weighted by Crippen LogP contribution is -2.13. The van der Waals surface area contributed by atoms with Crippen molar-refractivity contribution < 1.29 is 23.5 Å². The number of benzene rings is 1. The standard InChI is InChI=1S/C23H22N4O5S2/c1-4-30-19-11-15(7-8-17(19)32-21(29)18-6-5-9-31-18)10-16(12-24)20(28)25-22-26-23(27-34-22)33-13-14(2)3/h5-11,14H,4,13H2,1-3H3,(H,25,26,27,28). The summed E-state index contributed by atoms with van der Waals surface area (Å²) in [5, 5.41) is 13.0. The topological polar surface area (TPSA) is 127 Å². The highest BCUT2D eigenvalue weighted by molar-refractivity contribution is 7.99. The summed E-state index contributed by atoms with van der Waals surface area (Å²) in [6.07, 6.45) is 2.78. The fourth-order valence-electron chi connectivity index (χ4n) is 2.55. The third-order valence-corrected chi connectivity index (χ3v) is 6.06. The Morgan fingerprint density at radius 1 is 1.32 bits per heavy atom. The minimum Gasteiger partial charge on any atom is -0.490 e. The van der Waals surface area contributed by atoms with E-state index in [2.05, 4.69) is 28.5 Å². The average Bonchev–Trinajstić information content (AvgIpc) is 3.50. The molecule has 3 aromatic rings. The molecule has 1 amide bonds. The molecule has 1 aromatic carbocycles. The smallest absolute Gasteiger partial charge is 0.379 e. The summed E-state index contributed by atoms with van der Waals surface area (Å²) < 4.78 is 20.2. The second-order valence-electron chi connectivity index (χ2n) is 7.22. The van der Waals surface area contributed by atoms with Crippen LogP contribution in [0.1, 0.15) is 36.9 Å². The molecule has 0 saturated carbocycles. The first-order chi connectivity index (χ1) is 16.4. The van der Waals surface area contributed by atoms with E-state index in [1.165, 1.54) is 36.2 Å². The van der Waals surface area contributed by atoms with Crippen molar-refractivity contribution in [3.05, 3.63) is 53.5 Å². The second kappa shape index (κ2) is 12.0. The van der Waals surface area contributed by atoms with E-state index in [0.717, 1.165) is 17.3 Å². The number of nitrogens with one attached hydrogen (secondary N) is 1. The number of amides is 1. The van der Waals surface area contributed by atoms with Crippen LogP contribution in [0.25, 0.3) is 6.08 Å². The molecule has 0 unspecified atom stereocenters. The number of aromatic nitrogens is 2. The van der Waals surface area contributed by atoms with Gasteiger partial charge in [0, 0.05) is 17.3 Å². The maximum Gasteiger partial charge on any atom is 0.379 e. The number of carbonyl (C=O) groups is 2. The number of ether oxygens (including phenoxy) is 2. The third kappa shape index (κ3) is 6.94. The number of thioether (sulfide) groups is 1. The first-order valence-electron chi connectivity index (χ1n) is 10.3. The highest BCUT2D eigenvalue weighted by Crippen LogP contribution is 2.30. The zero-order valence-electron chi connectivity index (χ0n) is 18.7. The van der Waals surface area contributed by atoms with Crippen molar-refractivity contribution in [1.29, 1.82) is 5.26 Å². The third-order valence-electron chi connectivity index (χ3n) is 4.04. The van der Waals surface area contributed by atoms with Gasteiger partial charge in [-0.25, -0.2) is 4.79 Å². The van der Waals surface area contributed by atoms with Gasteiger partial charge in [-0.2, -0.15) is 14.6 Å². The minimum absolute atomic E-state index is 0.0531. The second-order valence-corrected chi connectivity index (χ2v) is 8.96. The van der Waals surface area contributed by atoms with Gasteiger partial charge in [0.15, 0.2) is 11.5 Å². The Bertz CT molecular complexity index is 1210. The van der Waals surface area contributed by atoms with Crippen LogP contribution in [0, 0.1) is 17.2 Å². The van der Waals surface area contributed by atoms with Crippen LogP contribution in [0.3, 0.4) is 0 Å². The summed E-state index contributed by atoms with van der Waals surface area (Å²) in [6, 6.07) is 9.66. The summed E-state index contributed by atoms with van der Waals surface area (Å²) in [6.45, 7) is 6.29. The number of furan rings is 1. The molecule has 1 N–H and O–H groups in total. The molecule has 9 nitrogen and oxygen atoms in total. The zero-order valence-corrected chi connectivity index (χ0v) is 20.4. The van der Waals surface area contributed by atoms with E-state index in [1.54, 1.807) is 25.1 Å². The Balaban J connectivity index is 1.74. The molecule has 0 bridgehead atoms. The van der Waals surface area contributed by atoms with Crippen molar-refractivity contribution in [3.63, 3.8) is 0 Å². The first kappa shape index (κ1) is 25.0. The van der Waals surface area contributed by atoms with Crippen molar-refractivity contribution in [2.75, 3.05) is 17.7 Å². The molecule has 3 rings (SSSR count). The number of nitriles is 1. The van der Waals surface area contributed by atoms with Crippen LogP contribution >= 0.6 is 23.3 Å². The van der Waals surface area contributed by atoms with Crippen LogP contribution in [-0.2, 0) is 4.79 Å². The molecule has 0 aliphatic carbocycles. The SMILES string of the molecule is CCOc1cc(C=C(C#N)C(=O)Nc2nc(SCC(C)C)ns2)ccc1OC(=O)c1ccco1. The molecule has 0 aliphatic rings. The van der Waals surface area contributed by atoms with E-state index in [9.17, 15) is 14.9 Å². The fourth-order valence-corrected chi connectivity index (χ4v) is 4.04. The van der Waals surface area contributed by atoms with Crippen LogP contribution in [-0.4, -0.2) is 33.6 Å². The number of hydrogen-bond donors (Lipinski definition) is 1. The van der Waals surface area contributed by atoms with Gasteiger partial charge in [0.05, 0.1) is 12.9 Å². The lowest BCUT2D eigenvalue weighted by molar-refractivity contribution is -0.112. The van der Waals surface area contributed by atoms with Crippen LogP contribution in [0.5, 0.6) is 11.5 Å². The van der Waals surface area contributed by atoms with Gasteiger partial charge in [-0.05, 0) is 48.7 Å². The van der Waals surface area contributed by atoms with Crippen molar-refractivity contribution in [2.24, 2.45) is 5.92 Å². The normalized spacial score (nSPS) is 11.2. The highest BCUT2D eigenvalue weighted by atomic mass is 32.2. The highest BCUT2D eigenvalue weighted by Gasteiger charge is 2.17. The predicted molar refractivity (Wildman–Crippen MR) is 129 cm³/mol. The largest absolute Gasteiger partial charge is 0.490 e. The van der Waals surface area contributed by atoms with Gasteiger partial charge < -0.3 is 13.9 Å². The van der Waals surface area contributed by atoms with Crippen molar-refractivity contribution in [2.45, 2.75) is 25.9 Å². The first-order valence-corrected chi connectivity index (χ1v) is 12.1. The Morgan fingerprint density at radius 3 is 2.82 bits per heavy atom. The lowest BCUT2D eigenvalue weighted by Gasteiger charge is -2.11. The van der Waals surface area contributed by atoms with E-state index in [0.29, 0.717) is 28.4 Å². The Hall–Kier alpha value is -3.62. The van der Waals surface area contributed by atoms with Gasteiger partial charge in [0.25, 0.3) is 5.91 Å². The Labute approximate surface area is 205 Å². The van der Waals surface area contributed by atoms with Crippen molar-refractivity contribution in [1.82, 2.24) is 9.36 Å². The number of hydrogen-bond acceptors (Lipinski definition) is 10. The molecule has 176 valence electrons. The summed E-state index contributed by atoms with van der Waals surface area (Å²) in [5.74, 6) is 0.592. The molecule has 0 saturated heterocycles. The van der Waals surface area contributed by atoms with Gasteiger partial charge in [-0.15, -0.1) is 0 Å².